The van der Waals surface area contributed by atoms with E-state index in [9.17, 15) is 13.2 Å². The quantitative estimate of drug-likeness (QED) is 0.788. The number of nitrogens with zero attached hydrogens (tertiary/aromatic N) is 1. The zero-order chi connectivity index (χ0) is 19.3. The summed E-state index contributed by atoms with van der Waals surface area (Å²) in [6.45, 7) is 0.964. The van der Waals surface area contributed by atoms with Gasteiger partial charge in [0.2, 0.25) is 15.9 Å². The SMILES string of the molecule is CS(=O)(=O)NCC1CCCCN1C(=O)CCc1ccc(-c2ccccc2)o1. The van der Waals surface area contributed by atoms with E-state index in [1.54, 1.807) is 0 Å². The molecule has 146 valence electrons. The van der Waals surface area contributed by atoms with Crippen LogP contribution in [0.15, 0.2) is 46.9 Å². The highest BCUT2D eigenvalue weighted by molar-refractivity contribution is 7.88. The number of amides is 1. The van der Waals surface area contributed by atoms with Gasteiger partial charge in [-0.1, -0.05) is 30.3 Å². The number of likely N-dealkylation sites (tertiary alicyclic amines) is 1. The van der Waals surface area contributed by atoms with Crippen LogP contribution in [0.4, 0.5) is 0 Å². The van der Waals surface area contributed by atoms with Crippen LogP contribution in [-0.4, -0.2) is 44.6 Å². The lowest BCUT2D eigenvalue weighted by atomic mass is 10.0. The van der Waals surface area contributed by atoms with E-state index in [0.717, 1.165) is 42.6 Å². The van der Waals surface area contributed by atoms with Gasteiger partial charge in [-0.05, 0) is 31.4 Å². The average Bonchev–Trinajstić information content (AvgIpc) is 3.14. The molecule has 0 spiro atoms. The van der Waals surface area contributed by atoms with Crippen LogP contribution in [0, 0.1) is 0 Å². The summed E-state index contributed by atoms with van der Waals surface area (Å²) >= 11 is 0. The van der Waals surface area contributed by atoms with Crippen molar-refractivity contribution in [1.82, 2.24) is 9.62 Å². The molecular weight excluding hydrogens is 364 g/mol. The average molecular weight is 391 g/mol. The van der Waals surface area contributed by atoms with Gasteiger partial charge in [-0.2, -0.15) is 0 Å². The minimum Gasteiger partial charge on any atom is -0.461 e. The standard InChI is InChI=1S/C20H26N2O4S/c1-27(24,25)21-15-17-9-5-6-14-22(17)20(23)13-11-18-10-12-19(26-18)16-7-3-2-4-8-16/h2-4,7-8,10,12,17,21H,5-6,9,11,13-15H2,1H3. The number of piperidine rings is 1. The van der Waals surface area contributed by atoms with Crippen molar-refractivity contribution in [3.05, 3.63) is 48.2 Å². The molecule has 1 amide bonds. The Balaban J connectivity index is 1.57. The van der Waals surface area contributed by atoms with E-state index in [-0.39, 0.29) is 18.5 Å². The predicted octanol–water partition coefficient (Wildman–Crippen LogP) is 2.81. The lowest BCUT2D eigenvalue weighted by Gasteiger charge is -2.35. The Morgan fingerprint density at radius 3 is 2.70 bits per heavy atom. The molecule has 1 N–H and O–H groups in total. The van der Waals surface area contributed by atoms with Gasteiger partial charge in [-0.3, -0.25) is 4.79 Å². The van der Waals surface area contributed by atoms with Crippen LogP contribution < -0.4 is 4.72 Å². The number of carbonyl (C=O) groups is 1. The number of rotatable bonds is 7. The number of carbonyl (C=O) groups excluding carboxylic acids is 1. The Labute approximate surface area is 160 Å². The molecule has 1 unspecified atom stereocenters. The molecule has 2 aromatic rings. The zero-order valence-corrected chi connectivity index (χ0v) is 16.4. The highest BCUT2D eigenvalue weighted by Gasteiger charge is 2.27. The smallest absolute Gasteiger partial charge is 0.223 e. The van der Waals surface area contributed by atoms with E-state index in [4.69, 9.17) is 4.42 Å². The molecule has 0 bridgehead atoms. The molecule has 2 heterocycles. The van der Waals surface area contributed by atoms with Crippen molar-refractivity contribution in [1.29, 1.82) is 0 Å². The van der Waals surface area contributed by atoms with Crippen molar-refractivity contribution in [2.24, 2.45) is 0 Å². The molecule has 6 nitrogen and oxygen atoms in total. The summed E-state index contributed by atoms with van der Waals surface area (Å²) in [4.78, 5) is 14.5. The van der Waals surface area contributed by atoms with E-state index in [1.165, 1.54) is 0 Å². The molecule has 3 rings (SSSR count). The van der Waals surface area contributed by atoms with Crippen LogP contribution in [-0.2, 0) is 21.2 Å². The number of hydrogen-bond donors (Lipinski definition) is 1. The van der Waals surface area contributed by atoms with E-state index >= 15 is 0 Å². The van der Waals surface area contributed by atoms with E-state index in [1.807, 2.05) is 47.4 Å². The number of sulfonamides is 1. The molecule has 0 aliphatic carbocycles. The van der Waals surface area contributed by atoms with E-state index in [0.29, 0.717) is 19.4 Å². The molecule has 1 aliphatic rings. The lowest BCUT2D eigenvalue weighted by Crippen LogP contribution is -2.49. The van der Waals surface area contributed by atoms with Crippen LogP contribution in [0.3, 0.4) is 0 Å². The lowest BCUT2D eigenvalue weighted by molar-refractivity contribution is -0.134. The molecular formula is C20H26N2O4S. The Morgan fingerprint density at radius 2 is 1.96 bits per heavy atom. The molecule has 7 heteroatoms. The first kappa shape index (κ1) is 19.6. The van der Waals surface area contributed by atoms with Crippen molar-refractivity contribution >= 4 is 15.9 Å². The molecule has 1 atom stereocenters. The number of benzene rings is 1. The molecule has 1 aromatic heterocycles. The van der Waals surface area contributed by atoms with Crippen molar-refractivity contribution in [3.63, 3.8) is 0 Å². The fourth-order valence-electron chi connectivity index (χ4n) is 3.43. The van der Waals surface area contributed by atoms with Crippen LogP contribution in [0.1, 0.15) is 31.4 Å². The van der Waals surface area contributed by atoms with Gasteiger partial charge in [-0.25, -0.2) is 13.1 Å². The van der Waals surface area contributed by atoms with Crippen LogP contribution in [0.2, 0.25) is 0 Å². The maximum Gasteiger partial charge on any atom is 0.223 e. The summed E-state index contributed by atoms with van der Waals surface area (Å²) in [7, 11) is -3.25. The molecule has 0 saturated carbocycles. The molecule has 27 heavy (non-hydrogen) atoms. The summed E-state index contributed by atoms with van der Waals surface area (Å²) < 4.78 is 31.1. The summed E-state index contributed by atoms with van der Waals surface area (Å²) in [6.07, 6.45) is 4.83. The fraction of sp³-hybridized carbons (Fsp3) is 0.450. The minimum absolute atomic E-state index is 0.0488. The van der Waals surface area contributed by atoms with Crippen molar-refractivity contribution in [2.45, 2.75) is 38.1 Å². The van der Waals surface area contributed by atoms with E-state index < -0.39 is 10.0 Å². The van der Waals surface area contributed by atoms with Gasteiger partial charge in [0, 0.05) is 37.5 Å². The second-order valence-corrected chi connectivity index (χ2v) is 8.82. The van der Waals surface area contributed by atoms with Crippen LogP contribution >= 0.6 is 0 Å². The summed E-state index contributed by atoms with van der Waals surface area (Å²) in [5.41, 5.74) is 1.01. The Morgan fingerprint density at radius 1 is 1.19 bits per heavy atom. The van der Waals surface area contributed by atoms with Crippen molar-refractivity contribution in [2.75, 3.05) is 19.3 Å². The second kappa shape index (κ2) is 8.71. The molecule has 1 aliphatic heterocycles. The topological polar surface area (TPSA) is 79.6 Å². The third-order valence-corrected chi connectivity index (χ3v) is 5.52. The van der Waals surface area contributed by atoms with Gasteiger partial charge < -0.3 is 9.32 Å². The first-order valence-electron chi connectivity index (χ1n) is 9.30. The van der Waals surface area contributed by atoms with Crippen LogP contribution in [0.5, 0.6) is 0 Å². The third-order valence-electron chi connectivity index (χ3n) is 4.83. The van der Waals surface area contributed by atoms with Gasteiger partial charge in [0.1, 0.15) is 11.5 Å². The predicted molar refractivity (Wildman–Crippen MR) is 105 cm³/mol. The van der Waals surface area contributed by atoms with Gasteiger partial charge in [-0.15, -0.1) is 0 Å². The number of nitrogens with one attached hydrogen (secondary N) is 1. The first-order chi connectivity index (χ1) is 12.9. The maximum atomic E-state index is 12.7. The molecule has 1 fully saturated rings. The summed E-state index contributed by atoms with van der Waals surface area (Å²) in [5.74, 6) is 1.63. The summed E-state index contributed by atoms with van der Waals surface area (Å²) in [5, 5.41) is 0. The number of hydrogen-bond acceptors (Lipinski definition) is 4. The molecule has 1 saturated heterocycles. The first-order valence-corrected chi connectivity index (χ1v) is 11.2. The van der Waals surface area contributed by atoms with Gasteiger partial charge >= 0.3 is 0 Å². The fourth-order valence-corrected chi connectivity index (χ4v) is 3.93. The van der Waals surface area contributed by atoms with Crippen molar-refractivity contribution < 1.29 is 17.6 Å². The van der Waals surface area contributed by atoms with Crippen molar-refractivity contribution in [3.8, 4) is 11.3 Å². The highest BCUT2D eigenvalue weighted by Crippen LogP contribution is 2.23. The zero-order valence-electron chi connectivity index (χ0n) is 15.6. The Bertz CT molecular complexity index is 861. The second-order valence-electron chi connectivity index (χ2n) is 6.99. The number of furan rings is 1. The normalized spacial score (nSPS) is 17.8. The largest absolute Gasteiger partial charge is 0.461 e. The van der Waals surface area contributed by atoms with Gasteiger partial charge in [0.25, 0.3) is 0 Å². The highest BCUT2D eigenvalue weighted by atomic mass is 32.2. The minimum atomic E-state index is -3.25. The molecule has 1 aromatic carbocycles. The maximum absolute atomic E-state index is 12.7. The Hall–Kier alpha value is -2.12. The monoisotopic (exact) mass is 390 g/mol. The van der Waals surface area contributed by atoms with Crippen LogP contribution in [0.25, 0.3) is 11.3 Å². The Kier molecular flexibility index (Phi) is 6.34. The third kappa shape index (κ3) is 5.68. The molecule has 0 radical (unpaired) electrons. The van der Waals surface area contributed by atoms with Gasteiger partial charge in [0.15, 0.2) is 0 Å². The van der Waals surface area contributed by atoms with E-state index in [2.05, 4.69) is 4.72 Å². The summed E-state index contributed by atoms with van der Waals surface area (Å²) in [6, 6.07) is 13.6. The van der Waals surface area contributed by atoms with Gasteiger partial charge in [0.05, 0.1) is 6.26 Å². The number of aryl methyl sites for hydroxylation is 1.